The number of aromatic nitrogens is 3. The molecule has 1 atom stereocenters. The summed E-state index contributed by atoms with van der Waals surface area (Å²) < 4.78 is 5.41. The Balaban J connectivity index is 1.22. The van der Waals surface area contributed by atoms with E-state index in [9.17, 15) is 0 Å². The number of hydrogen-bond acceptors (Lipinski definition) is 7. The fourth-order valence-electron chi connectivity index (χ4n) is 4.04. The van der Waals surface area contributed by atoms with Crippen molar-refractivity contribution in [2.75, 3.05) is 50.0 Å². The van der Waals surface area contributed by atoms with Crippen LogP contribution in [0.4, 0.5) is 17.5 Å². The van der Waals surface area contributed by atoms with Gasteiger partial charge in [-0.15, -0.1) is 0 Å². The van der Waals surface area contributed by atoms with Crippen LogP contribution in [0.1, 0.15) is 22.7 Å². The summed E-state index contributed by atoms with van der Waals surface area (Å²) in [5, 5.41) is 6.70. The Morgan fingerprint density at radius 1 is 1.03 bits per heavy atom. The highest BCUT2D eigenvalue weighted by Crippen LogP contribution is 2.33. The topological polar surface area (TPSA) is 75.2 Å². The molecular weight excluding hydrogens is 376 g/mol. The number of nitrogens with one attached hydrogen (secondary N) is 2. The van der Waals surface area contributed by atoms with Gasteiger partial charge in [0, 0.05) is 55.7 Å². The van der Waals surface area contributed by atoms with E-state index in [0.29, 0.717) is 5.95 Å². The third-order valence-electron chi connectivity index (χ3n) is 5.75. The normalized spacial score (nSPS) is 18.6. The van der Waals surface area contributed by atoms with Crippen molar-refractivity contribution < 1.29 is 4.74 Å². The maximum absolute atomic E-state index is 5.41. The lowest BCUT2D eigenvalue weighted by molar-refractivity contribution is 0.0384. The first-order valence-corrected chi connectivity index (χ1v) is 10.5. The lowest BCUT2D eigenvalue weighted by Crippen LogP contribution is -2.37. The molecule has 7 heteroatoms. The van der Waals surface area contributed by atoms with Crippen LogP contribution in [-0.4, -0.2) is 59.2 Å². The maximum Gasteiger partial charge on any atom is 0.227 e. The SMILES string of the molecule is c1cnc2c(c1)C(c1ccnc(Nc3ccc(CCN4CCOCC4)cc3)n1)CN2. The highest BCUT2D eigenvalue weighted by Gasteiger charge is 2.25. The molecule has 1 saturated heterocycles. The van der Waals surface area contributed by atoms with Crippen LogP contribution in [0.3, 0.4) is 0 Å². The molecule has 1 fully saturated rings. The minimum Gasteiger partial charge on any atom is -0.379 e. The van der Waals surface area contributed by atoms with E-state index in [2.05, 4.69) is 55.8 Å². The van der Waals surface area contributed by atoms with Gasteiger partial charge in [0.1, 0.15) is 5.82 Å². The van der Waals surface area contributed by atoms with Gasteiger partial charge in [0.25, 0.3) is 0 Å². The predicted octanol–water partition coefficient (Wildman–Crippen LogP) is 3.05. The van der Waals surface area contributed by atoms with Crippen molar-refractivity contribution in [1.82, 2.24) is 19.9 Å². The molecule has 0 aliphatic carbocycles. The fourth-order valence-corrected chi connectivity index (χ4v) is 4.04. The van der Waals surface area contributed by atoms with Crippen LogP contribution in [0, 0.1) is 0 Å². The third kappa shape index (κ3) is 4.27. The average molecular weight is 403 g/mol. The molecule has 2 aliphatic rings. The van der Waals surface area contributed by atoms with E-state index in [-0.39, 0.29) is 5.92 Å². The van der Waals surface area contributed by atoms with E-state index in [4.69, 9.17) is 9.72 Å². The van der Waals surface area contributed by atoms with E-state index in [1.54, 1.807) is 0 Å². The summed E-state index contributed by atoms with van der Waals surface area (Å²) in [4.78, 5) is 16.0. The molecule has 0 bridgehead atoms. The number of morpholine rings is 1. The lowest BCUT2D eigenvalue weighted by Gasteiger charge is -2.26. The molecule has 0 radical (unpaired) electrons. The van der Waals surface area contributed by atoms with Crippen molar-refractivity contribution >= 4 is 17.5 Å². The van der Waals surface area contributed by atoms with Crippen LogP contribution in [0.5, 0.6) is 0 Å². The molecule has 0 spiro atoms. The Bertz CT molecular complexity index is 987. The smallest absolute Gasteiger partial charge is 0.227 e. The third-order valence-corrected chi connectivity index (χ3v) is 5.75. The van der Waals surface area contributed by atoms with Gasteiger partial charge in [-0.1, -0.05) is 18.2 Å². The summed E-state index contributed by atoms with van der Waals surface area (Å²) >= 11 is 0. The molecule has 1 unspecified atom stereocenters. The number of pyridine rings is 1. The van der Waals surface area contributed by atoms with Gasteiger partial charge >= 0.3 is 0 Å². The molecule has 5 rings (SSSR count). The Labute approximate surface area is 176 Å². The number of fused-ring (bicyclic) bond motifs is 1. The molecule has 154 valence electrons. The van der Waals surface area contributed by atoms with Gasteiger partial charge in [0.2, 0.25) is 5.95 Å². The maximum atomic E-state index is 5.41. The van der Waals surface area contributed by atoms with Gasteiger partial charge in [0.05, 0.1) is 18.9 Å². The van der Waals surface area contributed by atoms with Crippen LogP contribution in [0.15, 0.2) is 54.9 Å². The van der Waals surface area contributed by atoms with E-state index in [0.717, 1.165) is 63.0 Å². The van der Waals surface area contributed by atoms with E-state index < -0.39 is 0 Å². The predicted molar refractivity (Wildman–Crippen MR) is 117 cm³/mol. The van der Waals surface area contributed by atoms with Crippen molar-refractivity contribution in [3.05, 3.63) is 71.7 Å². The summed E-state index contributed by atoms with van der Waals surface area (Å²) in [7, 11) is 0. The van der Waals surface area contributed by atoms with Gasteiger partial charge in [-0.05, 0) is 36.2 Å². The van der Waals surface area contributed by atoms with Crippen LogP contribution in [0.25, 0.3) is 0 Å². The summed E-state index contributed by atoms with van der Waals surface area (Å²) in [5.74, 6) is 1.76. The van der Waals surface area contributed by atoms with Gasteiger partial charge < -0.3 is 15.4 Å². The highest BCUT2D eigenvalue weighted by atomic mass is 16.5. The summed E-state index contributed by atoms with van der Waals surface area (Å²) in [6, 6.07) is 14.6. The highest BCUT2D eigenvalue weighted by molar-refractivity contribution is 5.56. The Hall–Kier alpha value is -3.03. The van der Waals surface area contributed by atoms with Crippen molar-refractivity contribution in [2.24, 2.45) is 0 Å². The lowest BCUT2D eigenvalue weighted by atomic mass is 9.99. The number of ether oxygens (including phenoxy) is 1. The minimum atomic E-state index is 0.194. The van der Waals surface area contributed by atoms with Gasteiger partial charge in [0.15, 0.2) is 0 Å². The molecule has 3 aromatic rings. The molecule has 1 aromatic carbocycles. The zero-order valence-corrected chi connectivity index (χ0v) is 16.9. The summed E-state index contributed by atoms with van der Waals surface area (Å²) in [5.41, 5.74) is 4.51. The average Bonchev–Trinajstić information content (AvgIpc) is 3.24. The number of anilines is 3. The summed E-state index contributed by atoms with van der Waals surface area (Å²) in [6.45, 7) is 5.64. The Morgan fingerprint density at radius 2 is 1.90 bits per heavy atom. The second kappa shape index (κ2) is 8.77. The van der Waals surface area contributed by atoms with Crippen LogP contribution in [-0.2, 0) is 11.2 Å². The van der Waals surface area contributed by atoms with Gasteiger partial charge in [-0.2, -0.15) is 0 Å². The molecule has 2 aromatic heterocycles. The molecular formula is C23H26N6O. The Kier molecular flexibility index (Phi) is 5.54. The van der Waals surface area contributed by atoms with E-state index >= 15 is 0 Å². The standard InChI is InChI=1S/C23H26N6O/c1-2-19-20(16-26-22(19)24-9-1)21-7-10-25-23(28-21)27-18-5-3-17(4-6-18)8-11-29-12-14-30-15-13-29/h1-7,9-10,20H,8,11-16H2,(H,24,26)(H,25,27,28). The van der Waals surface area contributed by atoms with Crippen molar-refractivity contribution in [3.8, 4) is 0 Å². The molecule has 2 aliphatic heterocycles. The van der Waals surface area contributed by atoms with E-state index in [1.165, 1.54) is 11.1 Å². The molecule has 0 saturated carbocycles. The zero-order chi connectivity index (χ0) is 20.2. The second-order valence-corrected chi connectivity index (χ2v) is 7.71. The quantitative estimate of drug-likeness (QED) is 0.656. The van der Waals surface area contributed by atoms with E-state index in [1.807, 2.05) is 24.5 Å². The number of benzene rings is 1. The van der Waals surface area contributed by atoms with Gasteiger partial charge in [-0.25, -0.2) is 15.0 Å². The number of rotatable bonds is 6. The molecule has 4 heterocycles. The Morgan fingerprint density at radius 3 is 2.77 bits per heavy atom. The molecule has 2 N–H and O–H groups in total. The first-order chi connectivity index (χ1) is 14.8. The molecule has 7 nitrogen and oxygen atoms in total. The van der Waals surface area contributed by atoms with Crippen molar-refractivity contribution in [2.45, 2.75) is 12.3 Å². The van der Waals surface area contributed by atoms with Crippen LogP contribution >= 0.6 is 0 Å². The van der Waals surface area contributed by atoms with Crippen LogP contribution in [0.2, 0.25) is 0 Å². The second-order valence-electron chi connectivity index (χ2n) is 7.71. The molecule has 0 amide bonds. The fraction of sp³-hybridized carbons (Fsp3) is 0.348. The number of nitrogens with zero attached hydrogens (tertiary/aromatic N) is 4. The first kappa shape index (κ1) is 19.0. The summed E-state index contributed by atoms with van der Waals surface area (Å²) in [6.07, 6.45) is 4.68. The number of hydrogen-bond donors (Lipinski definition) is 2. The zero-order valence-electron chi connectivity index (χ0n) is 16.9. The molecule has 30 heavy (non-hydrogen) atoms. The monoisotopic (exact) mass is 402 g/mol. The van der Waals surface area contributed by atoms with Crippen LogP contribution < -0.4 is 10.6 Å². The largest absolute Gasteiger partial charge is 0.379 e. The first-order valence-electron chi connectivity index (χ1n) is 10.5. The van der Waals surface area contributed by atoms with Crippen molar-refractivity contribution in [3.63, 3.8) is 0 Å². The minimum absolute atomic E-state index is 0.194. The van der Waals surface area contributed by atoms with Gasteiger partial charge in [-0.3, -0.25) is 4.90 Å². The van der Waals surface area contributed by atoms with Crippen molar-refractivity contribution in [1.29, 1.82) is 0 Å².